The van der Waals surface area contributed by atoms with E-state index in [1.165, 1.54) is 6.08 Å². The molecule has 1 N–H and O–H groups in total. The minimum atomic E-state index is -0.243. The molecule has 28 heavy (non-hydrogen) atoms. The lowest BCUT2D eigenvalue weighted by atomic mass is 10.2. The van der Waals surface area contributed by atoms with Crippen molar-refractivity contribution in [1.82, 2.24) is 5.32 Å². The molecule has 0 aliphatic carbocycles. The number of carbonyl (C=O) groups is 2. The van der Waals surface area contributed by atoms with Gasteiger partial charge in [0.15, 0.2) is 11.5 Å². The first-order valence-corrected chi connectivity index (χ1v) is 8.95. The van der Waals surface area contributed by atoms with Gasteiger partial charge in [-0.15, -0.1) is 0 Å². The second-order valence-corrected chi connectivity index (χ2v) is 6.56. The molecule has 7 heteroatoms. The predicted molar refractivity (Wildman–Crippen MR) is 103 cm³/mol. The van der Waals surface area contributed by atoms with Crippen LogP contribution in [0.3, 0.4) is 0 Å². The number of benzene rings is 2. The molecule has 0 unspecified atom stereocenters. The predicted octanol–water partition coefficient (Wildman–Crippen LogP) is 2.36. The molecular weight excluding hydrogens is 360 g/mol. The summed E-state index contributed by atoms with van der Waals surface area (Å²) in [7, 11) is 1.60. The van der Waals surface area contributed by atoms with Gasteiger partial charge in [0.05, 0.1) is 13.2 Å². The molecule has 0 radical (unpaired) electrons. The number of anilines is 1. The molecular formula is C21H20N2O5. The molecule has 2 aliphatic heterocycles. The number of methoxy groups -OCH3 is 1. The first-order valence-electron chi connectivity index (χ1n) is 8.95. The molecule has 0 bridgehead atoms. The zero-order valence-electron chi connectivity index (χ0n) is 15.4. The van der Waals surface area contributed by atoms with E-state index in [0.717, 1.165) is 17.0 Å². The highest BCUT2D eigenvalue weighted by molar-refractivity contribution is 5.98. The van der Waals surface area contributed by atoms with E-state index in [1.807, 2.05) is 42.5 Å². The molecule has 7 nitrogen and oxygen atoms in total. The Bertz CT molecular complexity index is 923. The Morgan fingerprint density at radius 3 is 2.75 bits per heavy atom. The standard InChI is InChI=1S/C21H20N2O5/c1-26-17-6-4-16(5-7-17)23-12-15(11-21(23)25)22-20(24)9-3-14-2-8-18-19(10-14)28-13-27-18/h2-10,15H,11-13H2,1H3,(H,22,24)/b9-3-/t15-/m0/s1. The van der Waals surface area contributed by atoms with E-state index in [9.17, 15) is 9.59 Å². The molecule has 2 aliphatic rings. The molecule has 1 saturated heterocycles. The maximum atomic E-state index is 12.3. The van der Waals surface area contributed by atoms with Gasteiger partial charge in [-0.3, -0.25) is 9.59 Å². The zero-order valence-corrected chi connectivity index (χ0v) is 15.4. The van der Waals surface area contributed by atoms with E-state index < -0.39 is 0 Å². The highest BCUT2D eigenvalue weighted by atomic mass is 16.7. The Balaban J connectivity index is 1.35. The van der Waals surface area contributed by atoms with Crippen LogP contribution in [-0.4, -0.2) is 38.3 Å². The lowest BCUT2D eigenvalue weighted by Crippen LogP contribution is -2.36. The van der Waals surface area contributed by atoms with Gasteiger partial charge in [-0.05, 0) is 48.0 Å². The Kier molecular flexibility index (Phi) is 4.89. The monoisotopic (exact) mass is 380 g/mol. The van der Waals surface area contributed by atoms with Gasteiger partial charge in [0.2, 0.25) is 18.6 Å². The van der Waals surface area contributed by atoms with Crippen molar-refractivity contribution in [2.45, 2.75) is 12.5 Å². The first kappa shape index (κ1) is 17.9. The van der Waals surface area contributed by atoms with Crippen molar-refractivity contribution in [1.29, 1.82) is 0 Å². The summed E-state index contributed by atoms with van der Waals surface area (Å²) in [4.78, 5) is 26.2. The zero-order chi connectivity index (χ0) is 19.5. The number of hydrogen-bond acceptors (Lipinski definition) is 5. The van der Waals surface area contributed by atoms with Crippen molar-refractivity contribution in [3.63, 3.8) is 0 Å². The molecule has 2 aromatic carbocycles. The van der Waals surface area contributed by atoms with Crippen molar-refractivity contribution < 1.29 is 23.8 Å². The lowest BCUT2D eigenvalue weighted by molar-refractivity contribution is -0.117. The number of fused-ring (bicyclic) bond motifs is 1. The van der Waals surface area contributed by atoms with Gasteiger partial charge in [0, 0.05) is 24.7 Å². The number of carbonyl (C=O) groups excluding carboxylic acids is 2. The topological polar surface area (TPSA) is 77.1 Å². The van der Waals surface area contributed by atoms with E-state index in [1.54, 1.807) is 18.1 Å². The van der Waals surface area contributed by atoms with Gasteiger partial charge in [-0.25, -0.2) is 0 Å². The smallest absolute Gasteiger partial charge is 0.244 e. The van der Waals surface area contributed by atoms with Crippen LogP contribution in [0.4, 0.5) is 5.69 Å². The average molecular weight is 380 g/mol. The summed E-state index contributed by atoms with van der Waals surface area (Å²) >= 11 is 0. The molecule has 1 atom stereocenters. The molecule has 1 fully saturated rings. The third-order valence-corrected chi connectivity index (χ3v) is 4.68. The molecule has 144 valence electrons. The molecule has 0 saturated carbocycles. The number of nitrogens with zero attached hydrogens (tertiary/aromatic N) is 1. The van der Waals surface area contributed by atoms with Gasteiger partial charge in [0.25, 0.3) is 0 Å². The summed E-state index contributed by atoms with van der Waals surface area (Å²) in [6, 6.07) is 12.5. The lowest BCUT2D eigenvalue weighted by Gasteiger charge is -2.17. The van der Waals surface area contributed by atoms with Crippen LogP contribution in [-0.2, 0) is 9.59 Å². The van der Waals surface area contributed by atoms with Crippen LogP contribution in [0.2, 0.25) is 0 Å². The number of amides is 2. The summed E-state index contributed by atoms with van der Waals surface area (Å²) in [5.74, 6) is 1.83. The SMILES string of the molecule is COc1ccc(N2C[C@@H](NC(=O)/C=C\c3ccc4c(c3)OCO4)CC2=O)cc1. The molecule has 2 heterocycles. The van der Waals surface area contributed by atoms with Gasteiger partial charge in [0.1, 0.15) is 5.75 Å². The van der Waals surface area contributed by atoms with Crippen LogP contribution in [0.5, 0.6) is 17.2 Å². The number of ether oxygens (including phenoxy) is 3. The molecule has 0 spiro atoms. The fourth-order valence-electron chi connectivity index (χ4n) is 3.25. The average Bonchev–Trinajstić information content (AvgIpc) is 3.32. The van der Waals surface area contributed by atoms with Crippen molar-refractivity contribution in [3.8, 4) is 17.2 Å². The Morgan fingerprint density at radius 1 is 1.18 bits per heavy atom. The first-order chi connectivity index (χ1) is 13.6. The van der Waals surface area contributed by atoms with E-state index in [4.69, 9.17) is 14.2 Å². The highest BCUT2D eigenvalue weighted by Crippen LogP contribution is 2.32. The second kappa shape index (κ2) is 7.64. The number of hydrogen-bond donors (Lipinski definition) is 1. The van der Waals surface area contributed by atoms with Gasteiger partial charge >= 0.3 is 0 Å². The Labute approximate surface area is 162 Å². The normalized spacial score (nSPS) is 18.0. The van der Waals surface area contributed by atoms with Gasteiger partial charge in [-0.2, -0.15) is 0 Å². The van der Waals surface area contributed by atoms with Crippen LogP contribution in [0.15, 0.2) is 48.5 Å². The van der Waals surface area contributed by atoms with Gasteiger partial charge < -0.3 is 24.4 Å². The minimum Gasteiger partial charge on any atom is -0.497 e. The fourth-order valence-corrected chi connectivity index (χ4v) is 3.25. The number of rotatable bonds is 5. The summed E-state index contributed by atoms with van der Waals surface area (Å²) in [5.41, 5.74) is 1.63. The maximum Gasteiger partial charge on any atom is 0.244 e. The molecule has 0 aromatic heterocycles. The third kappa shape index (κ3) is 3.78. The summed E-state index contributed by atoms with van der Waals surface area (Å²) in [6.45, 7) is 0.651. The molecule has 4 rings (SSSR count). The van der Waals surface area contributed by atoms with E-state index in [0.29, 0.717) is 18.0 Å². The molecule has 2 aromatic rings. The minimum absolute atomic E-state index is 0.0183. The third-order valence-electron chi connectivity index (χ3n) is 4.68. The summed E-state index contributed by atoms with van der Waals surface area (Å²) < 4.78 is 15.7. The maximum absolute atomic E-state index is 12.3. The van der Waals surface area contributed by atoms with E-state index >= 15 is 0 Å². The van der Waals surface area contributed by atoms with Crippen LogP contribution in [0.1, 0.15) is 12.0 Å². The van der Waals surface area contributed by atoms with Crippen LogP contribution < -0.4 is 24.4 Å². The molecule has 2 amide bonds. The van der Waals surface area contributed by atoms with Crippen molar-refractivity contribution in [2.75, 3.05) is 25.3 Å². The fraction of sp³-hybridized carbons (Fsp3) is 0.238. The van der Waals surface area contributed by atoms with E-state index in [2.05, 4.69) is 5.32 Å². The summed E-state index contributed by atoms with van der Waals surface area (Å²) in [5, 5.41) is 2.89. The Morgan fingerprint density at radius 2 is 1.96 bits per heavy atom. The Hall–Kier alpha value is -3.48. The second-order valence-electron chi connectivity index (χ2n) is 6.56. The van der Waals surface area contributed by atoms with E-state index in [-0.39, 0.29) is 31.1 Å². The summed E-state index contributed by atoms with van der Waals surface area (Å²) in [6.07, 6.45) is 3.43. The van der Waals surface area contributed by atoms with Crippen LogP contribution in [0.25, 0.3) is 6.08 Å². The van der Waals surface area contributed by atoms with Crippen molar-refractivity contribution in [3.05, 3.63) is 54.1 Å². The number of nitrogens with one attached hydrogen (secondary N) is 1. The van der Waals surface area contributed by atoms with Gasteiger partial charge in [-0.1, -0.05) is 6.07 Å². The van der Waals surface area contributed by atoms with Crippen LogP contribution >= 0.6 is 0 Å². The highest BCUT2D eigenvalue weighted by Gasteiger charge is 2.31. The van der Waals surface area contributed by atoms with Crippen LogP contribution in [0, 0.1) is 0 Å². The van der Waals surface area contributed by atoms with Crippen molar-refractivity contribution >= 4 is 23.6 Å². The quantitative estimate of drug-likeness (QED) is 0.806. The van der Waals surface area contributed by atoms with Crippen molar-refractivity contribution in [2.24, 2.45) is 0 Å². The largest absolute Gasteiger partial charge is 0.497 e.